The Morgan fingerprint density at radius 3 is 2.47 bits per heavy atom. The second kappa shape index (κ2) is 5.85. The molecule has 1 atom stereocenters. The van der Waals surface area contributed by atoms with E-state index in [4.69, 9.17) is 11.6 Å². The topological polar surface area (TPSA) is 33.2 Å². The van der Waals surface area contributed by atoms with Gasteiger partial charge in [0.25, 0.3) is 5.91 Å². The van der Waals surface area contributed by atoms with Crippen LogP contribution in [-0.2, 0) is 0 Å². The summed E-state index contributed by atoms with van der Waals surface area (Å²) >= 11 is 5.72. The van der Waals surface area contributed by atoms with Gasteiger partial charge in [-0.2, -0.15) is 0 Å². The van der Waals surface area contributed by atoms with Gasteiger partial charge in [0, 0.05) is 13.2 Å². The van der Waals surface area contributed by atoms with Gasteiger partial charge in [0.1, 0.15) is 5.15 Å². The third-order valence-electron chi connectivity index (χ3n) is 3.16. The molecule has 2 aromatic rings. The Morgan fingerprint density at radius 2 is 1.89 bits per heavy atom. The van der Waals surface area contributed by atoms with Crippen molar-refractivity contribution in [1.82, 2.24) is 9.88 Å². The van der Waals surface area contributed by atoms with Crippen LogP contribution in [0.3, 0.4) is 0 Å². The fourth-order valence-corrected chi connectivity index (χ4v) is 1.95. The van der Waals surface area contributed by atoms with Crippen LogP contribution in [0.5, 0.6) is 0 Å². The molecule has 0 saturated carbocycles. The molecule has 1 heterocycles. The lowest BCUT2D eigenvalue weighted by molar-refractivity contribution is 0.0742. The number of halogens is 1. The van der Waals surface area contributed by atoms with Gasteiger partial charge in [-0.05, 0) is 24.6 Å². The monoisotopic (exact) mass is 274 g/mol. The minimum absolute atomic E-state index is 0.00405. The molecule has 2 rings (SSSR count). The molecule has 0 aliphatic heterocycles. The molecule has 1 aromatic carbocycles. The van der Waals surface area contributed by atoms with Gasteiger partial charge in [-0.25, -0.2) is 4.98 Å². The summed E-state index contributed by atoms with van der Waals surface area (Å²) in [5.41, 5.74) is 1.63. The van der Waals surface area contributed by atoms with Crippen LogP contribution in [0.25, 0.3) is 0 Å². The third-order valence-corrected chi connectivity index (χ3v) is 3.38. The summed E-state index contributed by atoms with van der Waals surface area (Å²) in [7, 11) is 1.79. The highest BCUT2D eigenvalue weighted by atomic mass is 35.5. The predicted octanol–water partition coefficient (Wildman–Crippen LogP) is 3.57. The van der Waals surface area contributed by atoms with Gasteiger partial charge < -0.3 is 4.90 Å². The number of carbonyl (C=O) groups excluding carboxylic acids is 1. The number of rotatable bonds is 3. The highest BCUT2D eigenvalue weighted by Crippen LogP contribution is 2.20. The van der Waals surface area contributed by atoms with E-state index < -0.39 is 0 Å². The maximum atomic E-state index is 12.3. The number of hydrogen-bond acceptors (Lipinski definition) is 2. The number of aromatic nitrogens is 1. The molecule has 3 nitrogen and oxygen atoms in total. The zero-order valence-corrected chi connectivity index (χ0v) is 11.6. The van der Waals surface area contributed by atoms with E-state index in [1.807, 2.05) is 37.3 Å². The molecule has 0 fully saturated rings. The zero-order chi connectivity index (χ0) is 13.8. The molecule has 0 N–H and O–H groups in total. The van der Waals surface area contributed by atoms with Gasteiger partial charge in [-0.3, -0.25) is 4.79 Å². The number of hydrogen-bond donors (Lipinski definition) is 0. The molecular weight excluding hydrogens is 260 g/mol. The van der Waals surface area contributed by atoms with Crippen LogP contribution in [0.4, 0.5) is 0 Å². The number of nitrogens with zero attached hydrogens (tertiary/aromatic N) is 2. The zero-order valence-electron chi connectivity index (χ0n) is 10.9. The second-order valence-electron chi connectivity index (χ2n) is 4.37. The number of benzene rings is 1. The molecular formula is C15H15ClN2O. The van der Waals surface area contributed by atoms with Gasteiger partial charge in [-0.1, -0.05) is 41.9 Å². The molecule has 0 saturated heterocycles. The summed E-state index contributed by atoms with van der Waals surface area (Å²) in [6.45, 7) is 2.00. The lowest BCUT2D eigenvalue weighted by atomic mass is 10.1. The van der Waals surface area contributed by atoms with E-state index in [-0.39, 0.29) is 11.9 Å². The Hall–Kier alpha value is -1.87. The fraction of sp³-hybridized carbons (Fsp3) is 0.200. The van der Waals surface area contributed by atoms with E-state index in [1.54, 1.807) is 24.1 Å². The molecule has 4 heteroatoms. The van der Waals surface area contributed by atoms with Crippen molar-refractivity contribution in [2.24, 2.45) is 0 Å². The molecule has 0 aliphatic rings. The average Bonchev–Trinajstić information content (AvgIpc) is 2.46. The summed E-state index contributed by atoms with van der Waals surface area (Å²) < 4.78 is 0. The first-order valence-corrected chi connectivity index (χ1v) is 6.41. The highest BCUT2D eigenvalue weighted by molar-refractivity contribution is 6.29. The largest absolute Gasteiger partial charge is 0.335 e. The first-order valence-electron chi connectivity index (χ1n) is 6.03. The Morgan fingerprint density at radius 1 is 1.21 bits per heavy atom. The molecule has 19 heavy (non-hydrogen) atoms. The first kappa shape index (κ1) is 13.6. The lowest BCUT2D eigenvalue weighted by Crippen LogP contribution is -2.29. The quantitative estimate of drug-likeness (QED) is 0.802. The van der Waals surface area contributed by atoms with Crippen molar-refractivity contribution in [3.8, 4) is 0 Å². The number of pyridine rings is 1. The van der Waals surface area contributed by atoms with Crippen LogP contribution in [0.1, 0.15) is 28.9 Å². The van der Waals surface area contributed by atoms with Crippen LogP contribution < -0.4 is 0 Å². The minimum atomic E-state index is -0.0690. The van der Waals surface area contributed by atoms with Crippen molar-refractivity contribution >= 4 is 17.5 Å². The predicted molar refractivity (Wildman–Crippen MR) is 76.2 cm³/mol. The molecule has 0 aliphatic carbocycles. The third kappa shape index (κ3) is 3.12. The van der Waals surface area contributed by atoms with E-state index in [0.29, 0.717) is 10.7 Å². The second-order valence-corrected chi connectivity index (χ2v) is 4.76. The van der Waals surface area contributed by atoms with Gasteiger partial charge in [0.15, 0.2) is 0 Å². The van der Waals surface area contributed by atoms with Crippen molar-refractivity contribution in [2.45, 2.75) is 13.0 Å². The molecule has 1 amide bonds. The molecule has 0 radical (unpaired) electrons. The maximum absolute atomic E-state index is 12.3. The smallest absolute Gasteiger partial charge is 0.255 e. The van der Waals surface area contributed by atoms with Crippen molar-refractivity contribution in [1.29, 1.82) is 0 Å². The van der Waals surface area contributed by atoms with Crippen molar-refractivity contribution in [3.63, 3.8) is 0 Å². The Balaban J connectivity index is 2.17. The standard InChI is InChI=1S/C15H15ClN2O/c1-11(12-6-4-3-5-7-12)18(2)15(19)13-8-9-14(16)17-10-13/h3-11H,1-2H3. The van der Waals surface area contributed by atoms with E-state index >= 15 is 0 Å². The molecule has 0 bridgehead atoms. The Kier molecular flexibility index (Phi) is 4.17. The first-order chi connectivity index (χ1) is 9.09. The molecule has 0 spiro atoms. The summed E-state index contributed by atoms with van der Waals surface area (Å²) in [4.78, 5) is 17.9. The molecule has 98 valence electrons. The molecule has 1 aromatic heterocycles. The normalized spacial score (nSPS) is 11.9. The molecule has 1 unspecified atom stereocenters. The van der Waals surface area contributed by atoms with Crippen LogP contribution in [0, 0.1) is 0 Å². The fourth-order valence-electron chi connectivity index (χ4n) is 1.84. The summed E-state index contributed by atoms with van der Waals surface area (Å²) in [5, 5.41) is 0.385. The highest BCUT2D eigenvalue weighted by Gasteiger charge is 2.18. The maximum Gasteiger partial charge on any atom is 0.255 e. The Labute approximate surface area is 117 Å². The van der Waals surface area contributed by atoms with E-state index in [0.717, 1.165) is 5.56 Å². The minimum Gasteiger partial charge on any atom is -0.335 e. The van der Waals surface area contributed by atoms with Crippen LogP contribution in [-0.4, -0.2) is 22.8 Å². The summed E-state index contributed by atoms with van der Waals surface area (Å²) in [6.07, 6.45) is 1.50. The van der Waals surface area contributed by atoms with E-state index in [2.05, 4.69) is 4.98 Å². The average molecular weight is 275 g/mol. The summed E-state index contributed by atoms with van der Waals surface area (Å²) in [6, 6.07) is 13.2. The van der Waals surface area contributed by atoms with Gasteiger partial charge in [-0.15, -0.1) is 0 Å². The van der Waals surface area contributed by atoms with Gasteiger partial charge >= 0.3 is 0 Å². The van der Waals surface area contributed by atoms with E-state index in [9.17, 15) is 4.79 Å². The number of amides is 1. The van der Waals surface area contributed by atoms with Crippen LogP contribution in [0.15, 0.2) is 48.7 Å². The Bertz CT molecular complexity index is 554. The summed E-state index contributed by atoms with van der Waals surface area (Å²) in [5.74, 6) is -0.0690. The number of carbonyl (C=O) groups is 1. The van der Waals surface area contributed by atoms with Crippen molar-refractivity contribution in [3.05, 3.63) is 64.9 Å². The van der Waals surface area contributed by atoms with Gasteiger partial charge in [0.05, 0.1) is 11.6 Å². The van der Waals surface area contributed by atoms with Gasteiger partial charge in [0.2, 0.25) is 0 Å². The van der Waals surface area contributed by atoms with Crippen molar-refractivity contribution in [2.75, 3.05) is 7.05 Å². The van der Waals surface area contributed by atoms with E-state index in [1.165, 1.54) is 6.20 Å². The SMILES string of the molecule is CC(c1ccccc1)N(C)C(=O)c1ccc(Cl)nc1. The lowest BCUT2D eigenvalue weighted by Gasteiger charge is -2.25. The van der Waals surface area contributed by atoms with Crippen molar-refractivity contribution < 1.29 is 4.79 Å². The van der Waals surface area contributed by atoms with Crippen LogP contribution >= 0.6 is 11.6 Å². The van der Waals surface area contributed by atoms with Crippen LogP contribution in [0.2, 0.25) is 5.15 Å².